The lowest BCUT2D eigenvalue weighted by molar-refractivity contribution is 0.287. The number of allylic oxidation sites excluding steroid dienone is 1. The van der Waals surface area contributed by atoms with Crippen molar-refractivity contribution < 1.29 is 0 Å². The Hall–Kier alpha value is -2.04. The Kier molecular flexibility index (Phi) is 6.18. The summed E-state index contributed by atoms with van der Waals surface area (Å²) in [6, 6.07) is 14.2. The Morgan fingerprint density at radius 3 is 2.96 bits per heavy atom. The molecule has 148 valence electrons. The lowest BCUT2D eigenvalue weighted by Gasteiger charge is -2.19. The molecule has 0 radical (unpaired) electrons. The minimum atomic E-state index is 0.752. The third-order valence-electron chi connectivity index (χ3n) is 5.89. The van der Waals surface area contributed by atoms with Gasteiger partial charge in [-0.1, -0.05) is 25.1 Å². The van der Waals surface area contributed by atoms with E-state index >= 15 is 0 Å². The molecule has 1 N–H and O–H groups in total. The lowest BCUT2D eigenvalue weighted by Crippen LogP contribution is -2.25. The molecule has 4 heteroatoms. The quantitative estimate of drug-likeness (QED) is 0.527. The summed E-state index contributed by atoms with van der Waals surface area (Å²) in [7, 11) is 2.27. The average Bonchev–Trinajstić information content (AvgIpc) is 3.45. The van der Waals surface area contributed by atoms with Crippen LogP contribution in [0.5, 0.6) is 0 Å². The third kappa shape index (κ3) is 4.34. The van der Waals surface area contributed by atoms with Crippen molar-refractivity contribution in [3.8, 4) is 0 Å². The van der Waals surface area contributed by atoms with Crippen molar-refractivity contribution >= 4 is 27.9 Å². The van der Waals surface area contributed by atoms with E-state index in [1.807, 2.05) is 0 Å². The number of aromatic nitrogens is 1. The van der Waals surface area contributed by atoms with Crippen LogP contribution in [0.25, 0.3) is 16.6 Å². The van der Waals surface area contributed by atoms with Crippen LogP contribution in [0.15, 0.2) is 54.1 Å². The number of hydrogen-bond acceptors (Lipinski definition) is 3. The van der Waals surface area contributed by atoms with Crippen molar-refractivity contribution in [2.24, 2.45) is 0 Å². The second kappa shape index (κ2) is 8.97. The normalized spacial score (nSPS) is 18.2. The summed E-state index contributed by atoms with van der Waals surface area (Å²) >= 11 is 1.79. The van der Waals surface area contributed by atoms with Gasteiger partial charge in [-0.15, -0.1) is 11.3 Å². The number of aryl methyl sites for hydroxylation is 1. The number of nitrogens with zero attached hydrogens (tertiary/aromatic N) is 2. The van der Waals surface area contributed by atoms with E-state index in [1.165, 1.54) is 52.8 Å². The van der Waals surface area contributed by atoms with Crippen LogP contribution in [0.3, 0.4) is 0 Å². The molecular formula is C24H31N3S. The van der Waals surface area contributed by atoms with Crippen molar-refractivity contribution in [2.75, 3.05) is 13.6 Å². The average molecular weight is 394 g/mol. The number of hydrogen-bond donors (Lipinski definition) is 1. The zero-order valence-corrected chi connectivity index (χ0v) is 17.8. The van der Waals surface area contributed by atoms with E-state index in [2.05, 4.69) is 82.8 Å². The molecule has 1 aliphatic heterocycles. The third-order valence-corrected chi connectivity index (χ3v) is 6.79. The molecule has 1 aromatic carbocycles. The lowest BCUT2D eigenvalue weighted by atomic mass is 10.1. The van der Waals surface area contributed by atoms with E-state index in [0.717, 1.165) is 25.6 Å². The molecule has 28 heavy (non-hydrogen) atoms. The Morgan fingerprint density at radius 1 is 1.29 bits per heavy atom. The Morgan fingerprint density at radius 2 is 2.21 bits per heavy atom. The molecule has 0 bridgehead atoms. The number of fused-ring (bicyclic) bond motifs is 1. The topological polar surface area (TPSA) is 20.2 Å². The Balaban J connectivity index is 1.41. The molecule has 4 rings (SSSR count). The number of nitrogens with one attached hydrogen (secondary N) is 1. The summed E-state index contributed by atoms with van der Waals surface area (Å²) in [6.07, 6.45) is 9.52. The Labute approximate surface area is 172 Å². The van der Waals surface area contributed by atoms with Crippen LogP contribution in [-0.2, 0) is 13.1 Å². The molecule has 0 saturated carbocycles. The SMILES string of the molecule is CCC=C(NCc1ccc2c(ccn2CCC2CCCN2C)c1)c1cccs1. The van der Waals surface area contributed by atoms with Gasteiger partial charge in [0.25, 0.3) is 0 Å². The number of likely N-dealkylation sites (tertiary alicyclic amines) is 1. The molecular weight excluding hydrogens is 362 g/mol. The number of benzene rings is 1. The zero-order valence-electron chi connectivity index (χ0n) is 17.0. The highest BCUT2D eigenvalue weighted by Gasteiger charge is 2.20. The van der Waals surface area contributed by atoms with Crippen LogP contribution in [0, 0.1) is 0 Å². The highest BCUT2D eigenvalue weighted by Crippen LogP contribution is 2.23. The minimum absolute atomic E-state index is 0.752. The molecule has 3 aromatic rings. The van der Waals surface area contributed by atoms with Gasteiger partial charge in [-0.25, -0.2) is 0 Å². The van der Waals surface area contributed by atoms with Gasteiger partial charge in [0, 0.05) is 41.4 Å². The van der Waals surface area contributed by atoms with E-state index in [4.69, 9.17) is 0 Å². The first-order chi connectivity index (χ1) is 13.7. The maximum atomic E-state index is 3.64. The van der Waals surface area contributed by atoms with Gasteiger partial charge in [-0.3, -0.25) is 0 Å². The maximum absolute atomic E-state index is 3.64. The first-order valence-corrected chi connectivity index (χ1v) is 11.4. The number of thiophene rings is 1. The molecule has 0 aliphatic carbocycles. The van der Waals surface area contributed by atoms with E-state index in [-0.39, 0.29) is 0 Å². The largest absolute Gasteiger partial charge is 0.380 e. The fraction of sp³-hybridized carbons (Fsp3) is 0.417. The molecule has 0 spiro atoms. The van der Waals surface area contributed by atoms with Gasteiger partial charge >= 0.3 is 0 Å². The predicted molar refractivity (Wildman–Crippen MR) is 122 cm³/mol. The molecule has 3 nitrogen and oxygen atoms in total. The van der Waals surface area contributed by atoms with E-state index < -0.39 is 0 Å². The van der Waals surface area contributed by atoms with Crippen molar-refractivity contribution in [3.05, 3.63) is 64.5 Å². The zero-order chi connectivity index (χ0) is 19.3. The summed E-state index contributed by atoms with van der Waals surface area (Å²) in [5.74, 6) is 0. The summed E-state index contributed by atoms with van der Waals surface area (Å²) in [4.78, 5) is 3.83. The van der Waals surface area contributed by atoms with Crippen molar-refractivity contribution in [2.45, 2.75) is 51.7 Å². The van der Waals surface area contributed by atoms with Gasteiger partial charge in [0.2, 0.25) is 0 Å². The van der Waals surface area contributed by atoms with Crippen molar-refractivity contribution in [3.63, 3.8) is 0 Å². The fourth-order valence-electron chi connectivity index (χ4n) is 4.28. The van der Waals surface area contributed by atoms with Crippen LogP contribution < -0.4 is 5.32 Å². The maximum Gasteiger partial charge on any atom is 0.0498 e. The van der Waals surface area contributed by atoms with Crippen molar-refractivity contribution in [1.82, 2.24) is 14.8 Å². The molecule has 0 amide bonds. The second-order valence-electron chi connectivity index (χ2n) is 7.82. The molecule has 2 aromatic heterocycles. The molecule has 1 fully saturated rings. The second-order valence-corrected chi connectivity index (χ2v) is 8.77. The van der Waals surface area contributed by atoms with Crippen LogP contribution >= 0.6 is 11.3 Å². The summed E-state index contributed by atoms with van der Waals surface area (Å²) in [5, 5.41) is 7.12. The van der Waals surface area contributed by atoms with Gasteiger partial charge in [-0.05, 0) is 79.9 Å². The van der Waals surface area contributed by atoms with Crippen LogP contribution in [-0.4, -0.2) is 29.1 Å². The molecule has 1 unspecified atom stereocenters. The van der Waals surface area contributed by atoms with Gasteiger partial charge in [0.05, 0.1) is 0 Å². The van der Waals surface area contributed by atoms with Gasteiger partial charge in [-0.2, -0.15) is 0 Å². The molecule has 3 heterocycles. The fourth-order valence-corrected chi connectivity index (χ4v) is 5.02. The van der Waals surface area contributed by atoms with E-state index in [9.17, 15) is 0 Å². The highest BCUT2D eigenvalue weighted by atomic mass is 32.1. The minimum Gasteiger partial charge on any atom is -0.380 e. The number of rotatable bonds is 8. The van der Waals surface area contributed by atoms with Crippen molar-refractivity contribution in [1.29, 1.82) is 0 Å². The first kappa shape index (κ1) is 19.3. The molecule has 1 aliphatic rings. The van der Waals surface area contributed by atoms with Gasteiger partial charge in [0.1, 0.15) is 0 Å². The van der Waals surface area contributed by atoms with E-state index in [1.54, 1.807) is 11.3 Å². The van der Waals surface area contributed by atoms with E-state index in [0.29, 0.717) is 0 Å². The molecule has 1 saturated heterocycles. The summed E-state index contributed by atoms with van der Waals surface area (Å²) < 4.78 is 2.42. The predicted octanol–water partition coefficient (Wildman–Crippen LogP) is 5.73. The monoisotopic (exact) mass is 393 g/mol. The standard InChI is InChI=1S/C24H31N3S/c1-3-6-22(24-8-5-16-28-24)25-18-19-9-10-23-20(17-19)11-14-27(23)15-12-21-7-4-13-26(21)2/h5-6,8-11,14,16-17,21,25H,3-4,7,12-13,15,18H2,1-2H3. The smallest absolute Gasteiger partial charge is 0.0498 e. The summed E-state index contributed by atoms with van der Waals surface area (Å²) in [5.41, 5.74) is 3.93. The molecule has 1 atom stereocenters. The summed E-state index contributed by atoms with van der Waals surface area (Å²) in [6.45, 7) is 5.41. The Bertz CT molecular complexity index is 923. The van der Waals surface area contributed by atoms with Crippen LogP contribution in [0.4, 0.5) is 0 Å². The van der Waals surface area contributed by atoms with Gasteiger partial charge < -0.3 is 14.8 Å². The van der Waals surface area contributed by atoms with Crippen LogP contribution in [0.1, 0.15) is 43.0 Å². The first-order valence-electron chi connectivity index (χ1n) is 10.5. The van der Waals surface area contributed by atoms with Gasteiger partial charge in [0.15, 0.2) is 0 Å². The highest BCUT2D eigenvalue weighted by molar-refractivity contribution is 7.11. The van der Waals surface area contributed by atoms with Crippen LogP contribution in [0.2, 0.25) is 0 Å².